The summed E-state index contributed by atoms with van der Waals surface area (Å²) in [5, 5.41) is 6.42. The van der Waals surface area contributed by atoms with Crippen LogP contribution in [-0.4, -0.2) is 36.9 Å². The van der Waals surface area contributed by atoms with E-state index < -0.39 is 11.9 Å². The fourth-order valence-electron chi connectivity index (χ4n) is 4.10. The molecule has 0 aromatic carbocycles. The Kier molecular flexibility index (Phi) is 4.95. The van der Waals surface area contributed by atoms with Gasteiger partial charge in [0.1, 0.15) is 17.7 Å². The average Bonchev–Trinajstić information content (AvgIpc) is 3.42. The maximum atomic E-state index is 13.0. The molecule has 0 unspecified atom stereocenters. The Morgan fingerprint density at radius 1 is 1.12 bits per heavy atom. The van der Waals surface area contributed by atoms with E-state index in [1.807, 2.05) is 0 Å². The minimum atomic E-state index is -4.49. The van der Waals surface area contributed by atoms with Crippen LogP contribution in [0.15, 0.2) is 55.5 Å². The molecule has 0 radical (unpaired) electrons. The maximum Gasteiger partial charge on any atom is 0.434 e. The highest BCUT2D eigenvalue weighted by atomic mass is 19.4. The highest BCUT2D eigenvalue weighted by molar-refractivity contribution is 5.93. The number of carbonyl (C=O) groups is 1. The van der Waals surface area contributed by atoms with E-state index in [1.54, 1.807) is 58.3 Å². The van der Waals surface area contributed by atoms with Crippen molar-refractivity contribution in [1.82, 2.24) is 24.2 Å². The summed E-state index contributed by atoms with van der Waals surface area (Å²) in [4.78, 5) is 20.3. The number of aromatic nitrogens is 5. The van der Waals surface area contributed by atoms with Gasteiger partial charge in [-0.25, -0.2) is 4.98 Å². The van der Waals surface area contributed by atoms with Crippen LogP contribution in [-0.2, 0) is 6.18 Å². The molecule has 4 aromatic rings. The van der Waals surface area contributed by atoms with E-state index in [0.29, 0.717) is 11.4 Å². The zero-order valence-corrected chi connectivity index (χ0v) is 17.0. The predicted octanol–water partition coefficient (Wildman–Crippen LogP) is 2.74. The van der Waals surface area contributed by atoms with Gasteiger partial charge in [0.2, 0.25) is 6.33 Å². The first-order chi connectivity index (χ1) is 15.4. The molecule has 8 nitrogen and oxygen atoms in total. The van der Waals surface area contributed by atoms with Gasteiger partial charge in [0.05, 0.1) is 11.8 Å². The Morgan fingerprint density at radius 3 is 2.69 bits per heavy atom. The van der Waals surface area contributed by atoms with Crippen molar-refractivity contribution < 1.29 is 22.5 Å². The topological polar surface area (TPSA) is 79.8 Å². The normalized spacial score (nSPS) is 19.3. The number of carbonyl (C=O) groups excluding carboxylic acids is 1. The molecule has 11 heteroatoms. The maximum absolute atomic E-state index is 13.0. The van der Waals surface area contributed by atoms with Crippen LogP contribution in [0.4, 0.5) is 19.0 Å². The Bertz CT molecular complexity index is 1270. The third-order valence-corrected chi connectivity index (χ3v) is 5.77. The van der Waals surface area contributed by atoms with E-state index in [4.69, 9.17) is 0 Å². The van der Waals surface area contributed by atoms with Crippen molar-refractivity contribution in [3.63, 3.8) is 0 Å². The lowest BCUT2D eigenvalue weighted by Crippen LogP contribution is -2.41. The van der Waals surface area contributed by atoms with E-state index in [0.717, 1.165) is 31.9 Å². The van der Waals surface area contributed by atoms with Gasteiger partial charge >= 0.3 is 12.5 Å². The van der Waals surface area contributed by atoms with Gasteiger partial charge in [-0.1, -0.05) is 6.07 Å². The number of rotatable bonds is 4. The third-order valence-electron chi connectivity index (χ3n) is 5.77. The fraction of sp³-hybridized carbons (Fsp3) is 0.333. The number of alkyl halides is 3. The Labute approximate surface area is 180 Å². The van der Waals surface area contributed by atoms with Crippen LogP contribution in [0, 0.1) is 0 Å². The number of anilines is 1. The van der Waals surface area contributed by atoms with Crippen molar-refractivity contribution in [2.45, 2.75) is 43.9 Å². The molecule has 1 fully saturated rings. The third kappa shape index (κ3) is 3.97. The molecule has 1 saturated carbocycles. The molecular formula is C21H21F3N7O+. The molecule has 4 aromatic heterocycles. The predicted molar refractivity (Wildman–Crippen MR) is 108 cm³/mol. The molecule has 166 valence electrons. The highest BCUT2D eigenvalue weighted by Gasteiger charge is 2.34. The molecule has 4 heterocycles. The average molecular weight is 444 g/mol. The summed E-state index contributed by atoms with van der Waals surface area (Å²) in [6.07, 6.45) is 6.41. The van der Waals surface area contributed by atoms with Crippen molar-refractivity contribution in [2.75, 3.05) is 5.32 Å². The summed E-state index contributed by atoms with van der Waals surface area (Å²) in [6, 6.07) is 6.87. The van der Waals surface area contributed by atoms with E-state index >= 15 is 0 Å². The molecule has 0 spiro atoms. The number of nitrogens with one attached hydrogen (secondary N) is 2. The highest BCUT2D eigenvalue weighted by Crippen LogP contribution is 2.30. The molecule has 0 saturated heterocycles. The SMILES string of the molecule is O=C(NC1CCC(Nc2cccc3nc(C(F)(F)F)cn23)CC1)c1ccn2cnc[n+]2c1. The molecule has 0 bridgehead atoms. The van der Waals surface area contributed by atoms with Gasteiger partial charge in [0, 0.05) is 18.3 Å². The van der Waals surface area contributed by atoms with E-state index in [2.05, 4.69) is 20.6 Å². The largest absolute Gasteiger partial charge is 0.434 e. The first-order valence-electron chi connectivity index (χ1n) is 10.3. The lowest BCUT2D eigenvalue weighted by molar-refractivity contribution is -0.619. The quantitative estimate of drug-likeness (QED) is 0.475. The lowest BCUT2D eigenvalue weighted by Gasteiger charge is -2.30. The summed E-state index contributed by atoms with van der Waals surface area (Å²) < 4.78 is 43.9. The summed E-state index contributed by atoms with van der Waals surface area (Å²) in [5.41, 5.74) is -0.114. The first kappa shape index (κ1) is 20.3. The van der Waals surface area contributed by atoms with Crippen LogP contribution in [0.25, 0.3) is 5.65 Å². The minimum Gasteiger partial charge on any atom is -0.368 e. The van der Waals surface area contributed by atoms with Crippen molar-refractivity contribution in [3.05, 3.63) is 66.8 Å². The van der Waals surface area contributed by atoms with Gasteiger partial charge in [-0.15, -0.1) is 4.52 Å². The summed E-state index contributed by atoms with van der Waals surface area (Å²) in [6.45, 7) is 0. The van der Waals surface area contributed by atoms with Crippen LogP contribution in [0.2, 0.25) is 0 Å². The van der Waals surface area contributed by atoms with Crippen molar-refractivity contribution in [2.24, 2.45) is 0 Å². The van der Waals surface area contributed by atoms with Crippen molar-refractivity contribution in [1.29, 1.82) is 0 Å². The fourth-order valence-corrected chi connectivity index (χ4v) is 4.10. The van der Waals surface area contributed by atoms with Crippen molar-refractivity contribution >= 4 is 17.4 Å². The van der Waals surface area contributed by atoms with Gasteiger partial charge in [0.25, 0.3) is 5.91 Å². The van der Waals surface area contributed by atoms with Gasteiger partial charge < -0.3 is 10.6 Å². The summed E-state index contributed by atoms with van der Waals surface area (Å²) in [5.74, 6) is 0.435. The number of imidazole rings is 1. The molecule has 1 aliphatic carbocycles. The Hall–Kier alpha value is -3.63. The Balaban J connectivity index is 1.20. The smallest absolute Gasteiger partial charge is 0.368 e. The van der Waals surface area contributed by atoms with Crippen LogP contribution < -0.4 is 15.1 Å². The number of nitrogens with zero attached hydrogens (tertiary/aromatic N) is 5. The lowest BCUT2D eigenvalue weighted by atomic mass is 9.91. The van der Waals surface area contributed by atoms with Gasteiger partial charge in [0.15, 0.2) is 5.69 Å². The minimum absolute atomic E-state index is 0.0487. The number of amides is 1. The van der Waals surface area contributed by atoms with Gasteiger partial charge in [-0.3, -0.25) is 9.20 Å². The second kappa shape index (κ2) is 7.81. The molecule has 2 N–H and O–H groups in total. The number of pyridine rings is 1. The van der Waals surface area contributed by atoms with Crippen LogP contribution >= 0.6 is 0 Å². The molecular weight excluding hydrogens is 423 g/mol. The van der Waals surface area contributed by atoms with E-state index in [9.17, 15) is 18.0 Å². The van der Waals surface area contributed by atoms with Crippen molar-refractivity contribution in [3.8, 4) is 0 Å². The number of hydrogen-bond donors (Lipinski definition) is 2. The molecule has 1 amide bonds. The Morgan fingerprint density at radius 2 is 1.91 bits per heavy atom. The zero-order chi connectivity index (χ0) is 22.3. The van der Waals surface area contributed by atoms with E-state index in [1.165, 1.54) is 4.40 Å². The van der Waals surface area contributed by atoms with Crippen LogP contribution in [0.3, 0.4) is 0 Å². The number of halogens is 3. The number of fused-ring (bicyclic) bond motifs is 2. The summed E-state index contributed by atoms with van der Waals surface area (Å²) >= 11 is 0. The molecule has 0 atom stereocenters. The molecule has 0 aliphatic heterocycles. The standard InChI is InChI=1S/C21H20F3N7O/c22-21(23,24)17-11-31-18(2-1-3-19(31)28-17)26-15-4-6-16(7-5-15)27-20(32)14-8-9-29-12-25-13-30(29)10-14/h1-3,8-13,15-16H,4-7H2,(H-,26,27,28,32)/p+1. The first-order valence-corrected chi connectivity index (χ1v) is 10.3. The summed E-state index contributed by atoms with van der Waals surface area (Å²) in [7, 11) is 0. The van der Waals surface area contributed by atoms with E-state index in [-0.39, 0.29) is 23.6 Å². The monoisotopic (exact) mass is 444 g/mol. The zero-order valence-electron chi connectivity index (χ0n) is 17.0. The molecule has 32 heavy (non-hydrogen) atoms. The van der Waals surface area contributed by atoms with Gasteiger partial charge in [-0.2, -0.15) is 17.7 Å². The second-order valence-electron chi connectivity index (χ2n) is 7.97. The molecule has 5 rings (SSSR count). The molecule has 1 aliphatic rings. The number of hydrogen-bond acceptors (Lipinski definition) is 4. The van der Waals surface area contributed by atoms with Gasteiger partial charge in [-0.05, 0) is 48.9 Å². The van der Waals surface area contributed by atoms with Crippen LogP contribution in [0.5, 0.6) is 0 Å². The van der Waals surface area contributed by atoms with Crippen LogP contribution in [0.1, 0.15) is 41.7 Å². The second-order valence-corrected chi connectivity index (χ2v) is 7.97.